The van der Waals surface area contributed by atoms with Gasteiger partial charge in [-0.05, 0) is 41.9 Å². The van der Waals surface area contributed by atoms with E-state index in [2.05, 4.69) is 9.97 Å². The molecule has 0 bridgehead atoms. The highest BCUT2D eigenvalue weighted by molar-refractivity contribution is 6.30. The summed E-state index contributed by atoms with van der Waals surface area (Å²) in [6.45, 7) is 0. The molecule has 0 saturated heterocycles. The van der Waals surface area contributed by atoms with Gasteiger partial charge in [0.15, 0.2) is 0 Å². The predicted molar refractivity (Wildman–Crippen MR) is 68.9 cm³/mol. The number of halogens is 2. The lowest BCUT2D eigenvalue weighted by Gasteiger charge is -2.04. The largest absolute Gasteiger partial charge is 0.301 e. The first-order chi connectivity index (χ1) is 8.24. The predicted octanol–water partition coefficient (Wildman–Crippen LogP) is 3.73. The molecule has 0 aliphatic rings. The number of aromatic nitrogens is 3. The Bertz CT molecular complexity index is 674. The van der Waals surface area contributed by atoms with Crippen LogP contribution in [0.5, 0.6) is 0 Å². The molecule has 17 heavy (non-hydrogen) atoms. The number of nitrogens with zero attached hydrogens (tertiary/aromatic N) is 3. The van der Waals surface area contributed by atoms with Gasteiger partial charge in [0.25, 0.3) is 0 Å². The standard InChI is InChI=1S/C12H7Cl2N3/c13-9-1-3-10(4-2-9)17-6-5-8-7-15-12(14)16-11(8)17/h1-7H. The normalized spacial score (nSPS) is 10.9. The van der Waals surface area contributed by atoms with Crippen LogP contribution in [0.25, 0.3) is 16.7 Å². The van der Waals surface area contributed by atoms with Crippen LogP contribution in [-0.4, -0.2) is 14.5 Å². The van der Waals surface area contributed by atoms with Gasteiger partial charge in [-0.2, -0.15) is 4.98 Å². The van der Waals surface area contributed by atoms with Crippen molar-refractivity contribution in [2.24, 2.45) is 0 Å². The molecule has 0 aliphatic carbocycles. The maximum atomic E-state index is 5.86. The van der Waals surface area contributed by atoms with Crippen molar-refractivity contribution in [3.05, 3.63) is 53.0 Å². The molecule has 84 valence electrons. The Morgan fingerprint density at radius 1 is 1.00 bits per heavy atom. The van der Waals surface area contributed by atoms with E-state index >= 15 is 0 Å². The summed E-state index contributed by atoms with van der Waals surface area (Å²) in [5, 5.41) is 1.90. The summed E-state index contributed by atoms with van der Waals surface area (Å²) < 4.78 is 1.94. The van der Waals surface area contributed by atoms with Gasteiger partial charge in [-0.25, -0.2) is 4.98 Å². The Morgan fingerprint density at radius 3 is 2.53 bits per heavy atom. The highest BCUT2D eigenvalue weighted by Gasteiger charge is 2.05. The number of benzene rings is 1. The molecular formula is C12H7Cl2N3. The molecule has 3 rings (SSSR count). The summed E-state index contributed by atoms with van der Waals surface area (Å²) in [7, 11) is 0. The molecule has 0 unspecified atom stereocenters. The summed E-state index contributed by atoms with van der Waals surface area (Å²) in [5.74, 6) is 0. The van der Waals surface area contributed by atoms with Crippen molar-refractivity contribution < 1.29 is 0 Å². The average molecular weight is 264 g/mol. The zero-order valence-corrected chi connectivity index (χ0v) is 10.2. The number of hydrogen-bond donors (Lipinski definition) is 0. The number of rotatable bonds is 1. The molecule has 3 aromatic rings. The van der Waals surface area contributed by atoms with Crippen LogP contribution in [0.2, 0.25) is 10.3 Å². The molecule has 2 aromatic heterocycles. The van der Waals surface area contributed by atoms with Crippen LogP contribution in [0.4, 0.5) is 0 Å². The van der Waals surface area contributed by atoms with Gasteiger partial charge in [0, 0.05) is 28.5 Å². The molecule has 0 fully saturated rings. The first-order valence-electron chi connectivity index (χ1n) is 4.99. The van der Waals surface area contributed by atoms with E-state index in [1.807, 2.05) is 41.1 Å². The van der Waals surface area contributed by atoms with Crippen molar-refractivity contribution in [3.63, 3.8) is 0 Å². The molecule has 5 heteroatoms. The zero-order chi connectivity index (χ0) is 11.8. The fourth-order valence-corrected chi connectivity index (χ4v) is 1.96. The highest BCUT2D eigenvalue weighted by Crippen LogP contribution is 2.20. The maximum absolute atomic E-state index is 5.86. The van der Waals surface area contributed by atoms with Gasteiger partial charge in [-0.3, -0.25) is 0 Å². The third-order valence-corrected chi connectivity index (χ3v) is 2.94. The first kappa shape index (κ1) is 10.6. The summed E-state index contributed by atoms with van der Waals surface area (Å²) in [4.78, 5) is 8.17. The Labute approximate surface area is 108 Å². The van der Waals surface area contributed by atoms with Crippen molar-refractivity contribution in [3.8, 4) is 5.69 Å². The van der Waals surface area contributed by atoms with Gasteiger partial charge in [-0.1, -0.05) is 11.6 Å². The van der Waals surface area contributed by atoms with Gasteiger partial charge in [-0.15, -0.1) is 0 Å². The van der Waals surface area contributed by atoms with Crippen LogP contribution < -0.4 is 0 Å². The van der Waals surface area contributed by atoms with Crippen LogP contribution in [0.15, 0.2) is 42.7 Å². The van der Waals surface area contributed by atoms with E-state index in [0.29, 0.717) is 5.02 Å². The molecular weight excluding hydrogens is 257 g/mol. The minimum atomic E-state index is 0.242. The molecule has 0 amide bonds. The average Bonchev–Trinajstić information content (AvgIpc) is 2.73. The van der Waals surface area contributed by atoms with Crippen LogP contribution in [0.3, 0.4) is 0 Å². The fraction of sp³-hybridized carbons (Fsp3) is 0. The van der Waals surface area contributed by atoms with Gasteiger partial charge >= 0.3 is 0 Å². The lowest BCUT2D eigenvalue weighted by Crippen LogP contribution is -1.94. The summed E-state index contributed by atoms with van der Waals surface area (Å²) in [5.41, 5.74) is 1.77. The minimum absolute atomic E-state index is 0.242. The van der Waals surface area contributed by atoms with E-state index in [0.717, 1.165) is 16.7 Å². The molecule has 2 heterocycles. The highest BCUT2D eigenvalue weighted by atomic mass is 35.5. The van der Waals surface area contributed by atoms with E-state index in [9.17, 15) is 0 Å². The molecule has 3 nitrogen and oxygen atoms in total. The molecule has 0 spiro atoms. The lowest BCUT2D eigenvalue weighted by atomic mass is 10.3. The molecule has 0 saturated carbocycles. The summed E-state index contributed by atoms with van der Waals surface area (Å²) in [6, 6.07) is 9.48. The Balaban J connectivity index is 2.23. The third-order valence-electron chi connectivity index (χ3n) is 2.50. The SMILES string of the molecule is Clc1ccc(-n2ccc3cnc(Cl)nc32)cc1. The molecule has 1 aromatic carbocycles. The van der Waals surface area contributed by atoms with Gasteiger partial charge in [0.2, 0.25) is 5.28 Å². The number of fused-ring (bicyclic) bond motifs is 1. The zero-order valence-electron chi connectivity index (χ0n) is 8.64. The van der Waals surface area contributed by atoms with Crippen molar-refractivity contribution in [1.29, 1.82) is 0 Å². The van der Waals surface area contributed by atoms with Gasteiger partial charge in [0.05, 0.1) is 0 Å². The van der Waals surface area contributed by atoms with Crippen LogP contribution in [-0.2, 0) is 0 Å². The Hall–Kier alpha value is -1.58. The van der Waals surface area contributed by atoms with E-state index in [1.165, 1.54) is 0 Å². The number of hydrogen-bond acceptors (Lipinski definition) is 2. The van der Waals surface area contributed by atoms with Crippen LogP contribution in [0.1, 0.15) is 0 Å². The second-order valence-corrected chi connectivity index (χ2v) is 4.35. The van der Waals surface area contributed by atoms with Gasteiger partial charge < -0.3 is 4.57 Å². The summed E-state index contributed by atoms with van der Waals surface area (Å²) in [6.07, 6.45) is 3.63. The maximum Gasteiger partial charge on any atom is 0.224 e. The van der Waals surface area contributed by atoms with Crippen molar-refractivity contribution >= 4 is 34.2 Å². The Morgan fingerprint density at radius 2 is 1.76 bits per heavy atom. The van der Waals surface area contributed by atoms with Crippen molar-refractivity contribution in [2.75, 3.05) is 0 Å². The summed E-state index contributed by atoms with van der Waals surface area (Å²) >= 11 is 11.7. The van der Waals surface area contributed by atoms with E-state index in [-0.39, 0.29) is 5.28 Å². The van der Waals surface area contributed by atoms with Gasteiger partial charge in [0.1, 0.15) is 5.65 Å². The van der Waals surface area contributed by atoms with Crippen LogP contribution >= 0.6 is 23.2 Å². The minimum Gasteiger partial charge on any atom is -0.301 e. The van der Waals surface area contributed by atoms with E-state index in [4.69, 9.17) is 23.2 Å². The topological polar surface area (TPSA) is 30.7 Å². The first-order valence-corrected chi connectivity index (χ1v) is 5.75. The molecule has 0 aliphatic heterocycles. The van der Waals surface area contributed by atoms with Crippen molar-refractivity contribution in [1.82, 2.24) is 14.5 Å². The second kappa shape index (κ2) is 4.02. The monoisotopic (exact) mass is 263 g/mol. The lowest BCUT2D eigenvalue weighted by molar-refractivity contribution is 1.08. The third kappa shape index (κ3) is 1.88. The molecule has 0 N–H and O–H groups in total. The Kier molecular flexibility index (Phi) is 2.50. The quantitative estimate of drug-likeness (QED) is 0.627. The van der Waals surface area contributed by atoms with Crippen molar-refractivity contribution in [2.45, 2.75) is 0 Å². The van der Waals surface area contributed by atoms with E-state index < -0.39 is 0 Å². The van der Waals surface area contributed by atoms with E-state index in [1.54, 1.807) is 6.20 Å². The fourth-order valence-electron chi connectivity index (χ4n) is 1.71. The second-order valence-electron chi connectivity index (χ2n) is 3.58. The molecule has 0 atom stereocenters. The molecule has 0 radical (unpaired) electrons. The van der Waals surface area contributed by atoms with Crippen LogP contribution in [0, 0.1) is 0 Å². The smallest absolute Gasteiger partial charge is 0.224 e.